The third kappa shape index (κ3) is 1.91. The second-order valence-electron chi connectivity index (χ2n) is 6.96. The van der Waals surface area contributed by atoms with Crippen molar-refractivity contribution in [3.8, 4) is 11.8 Å². The van der Waals surface area contributed by atoms with E-state index in [4.69, 9.17) is 4.74 Å². The topological polar surface area (TPSA) is 42.4 Å². The summed E-state index contributed by atoms with van der Waals surface area (Å²) in [5.74, 6) is 6.25. The molecule has 1 aliphatic carbocycles. The number of nitrogens with zero attached hydrogens (tertiary/aromatic N) is 2. The highest BCUT2D eigenvalue weighted by molar-refractivity contribution is 5.90. The first-order chi connectivity index (χ1) is 11.8. The highest BCUT2D eigenvalue weighted by atomic mass is 16.6. The molecular formula is C20H18N2O2. The summed E-state index contributed by atoms with van der Waals surface area (Å²) >= 11 is 0. The molecule has 3 atom stereocenters. The molecule has 4 aliphatic rings. The van der Waals surface area contributed by atoms with Crippen LogP contribution in [-0.2, 0) is 9.53 Å². The minimum atomic E-state index is -0.462. The molecule has 0 N–H and O–H groups in total. The van der Waals surface area contributed by atoms with Crippen LogP contribution in [0.5, 0.6) is 0 Å². The first kappa shape index (κ1) is 14.0. The molecule has 2 bridgehead atoms. The third-order valence-corrected chi connectivity index (χ3v) is 5.67. The molecule has 0 aromatic carbocycles. The number of aromatic nitrogens is 1. The van der Waals surface area contributed by atoms with E-state index >= 15 is 0 Å². The van der Waals surface area contributed by atoms with Crippen LogP contribution in [0, 0.1) is 11.8 Å². The summed E-state index contributed by atoms with van der Waals surface area (Å²) in [4.78, 5) is 18.7. The summed E-state index contributed by atoms with van der Waals surface area (Å²) in [6, 6.07) is 4.47. The molecule has 1 spiro atoms. The van der Waals surface area contributed by atoms with E-state index in [-0.39, 0.29) is 5.97 Å². The Morgan fingerprint density at radius 1 is 1.33 bits per heavy atom. The van der Waals surface area contributed by atoms with E-state index < -0.39 is 5.60 Å². The predicted octanol–water partition coefficient (Wildman–Crippen LogP) is 2.22. The highest BCUT2D eigenvalue weighted by Crippen LogP contribution is 2.53. The van der Waals surface area contributed by atoms with Crippen LogP contribution in [0.1, 0.15) is 31.2 Å². The molecule has 1 aromatic rings. The Labute approximate surface area is 141 Å². The predicted molar refractivity (Wildman–Crippen MR) is 88.9 cm³/mol. The summed E-state index contributed by atoms with van der Waals surface area (Å²) in [5, 5.41) is 0. The van der Waals surface area contributed by atoms with Crippen molar-refractivity contribution in [3.05, 3.63) is 53.4 Å². The van der Waals surface area contributed by atoms with Crippen LogP contribution in [0.3, 0.4) is 0 Å². The smallest absolute Gasteiger partial charge is 0.332 e. The van der Waals surface area contributed by atoms with E-state index in [2.05, 4.69) is 27.8 Å². The van der Waals surface area contributed by atoms with Crippen LogP contribution in [-0.4, -0.2) is 40.1 Å². The van der Waals surface area contributed by atoms with Crippen molar-refractivity contribution < 1.29 is 9.53 Å². The number of pyridine rings is 1. The number of carbonyl (C=O) groups excluding carboxylic acids is 1. The molecule has 0 saturated carbocycles. The van der Waals surface area contributed by atoms with Gasteiger partial charge < -0.3 is 4.74 Å². The van der Waals surface area contributed by atoms with Crippen LogP contribution < -0.4 is 0 Å². The molecule has 2 saturated heterocycles. The normalized spacial score (nSPS) is 33.6. The van der Waals surface area contributed by atoms with Crippen LogP contribution in [0.25, 0.3) is 0 Å². The van der Waals surface area contributed by atoms with Crippen molar-refractivity contribution >= 4 is 5.97 Å². The SMILES string of the molecule is O=C1C=C2C(C#Cc3cccnc3)=C[C@@H]3C[C@@]2(O1)[C@H]1CCCCN31. The number of piperidine rings is 1. The van der Waals surface area contributed by atoms with E-state index in [0.717, 1.165) is 36.1 Å². The molecule has 0 unspecified atom stereocenters. The van der Waals surface area contributed by atoms with Gasteiger partial charge in [0.15, 0.2) is 5.60 Å². The summed E-state index contributed by atoms with van der Waals surface area (Å²) in [5.41, 5.74) is 2.37. The Morgan fingerprint density at radius 3 is 3.17 bits per heavy atom. The van der Waals surface area contributed by atoms with E-state index in [1.165, 1.54) is 12.8 Å². The number of fused-ring (bicyclic) bond motifs is 3. The molecule has 120 valence electrons. The van der Waals surface area contributed by atoms with Gasteiger partial charge in [0.2, 0.25) is 0 Å². The van der Waals surface area contributed by atoms with Gasteiger partial charge in [-0.05, 0) is 31.5 Å². The highest BCUT2D eigenvalue weighted by Gasteiger charge is 2.61. The summed E-state index contributed by atoms with van der Waals surface area (Å²) in [6.07, 6.45) is 11.8. The summed E-state index contributed by atoms with van der Waals surface area (Å²) in [7, 11) is 0. The molecule has 3 aliphatic heterocycles. The van der Waals surface area contributed by atoms with Crippen molar-refractivity contribution in [3.63, 3.8) is 0 Å². The number of hydrogen-bond donors (Lipinski definition) is 0. The Bertz CT molecular complexity index is 830. The van der Waals surface area contributed by atoms with Crippen molar-refractivity contribution in [1.29, 1.82) is 0 Å². The Kier molecular flexibility index (Phi) is 2.95. The average molecular weight is 318 g/mol. The third-order valence-electron chi connectivity index (χ3n) is 5.67. The van der Waals surface area contributed by atoms with Gasteiger partial charge in [0.1, 0.15) is 0 Å². The van der Waals surface area contributed by atoms with Crippen LogP contribution in [0.15, 0.2) is 47.8 Å². The minimum Gasteiger partial charge on any atom is -0.449 e. The second kappa shape index (κ2) is 5.06. The second-order valence-corrected chi connectivity index (χ2v) is 6.96. The summed E-state index contributed by atoms with van der Waals surface area (Å²) < 4.78 is 5.90. The van der Waals surface area contributed by atoms with E-state index in [0.29, 0.717) is 12.1 Å². The fourth-order valence-corrected chi connectivity index (χ4v) is 4.75. The van der Waals surface area contributed by atoms with E-state index in [1.807, 2.05) is 12.1 Å². The molecule has 0 radical (unpaired) electrons. The number of carbonyl (C=O) groups is 1. The molecule has 4 heterocycles. The molecule has 5 rings (SSSR count). The Hall–Kier alpha value is -2.38. The molecule has 0 amide bonds. The van der Waals surface area contributed by atoms with Crippen LogP contribution in [0.2, 0.25) is 0 Å². The molecule has 4 nitrogen and oxygen atoms in total. The van der Waals surface area contributed by atoms with Crippen molar-refractivity contribution in [2.45, 2.75) is 43.4 Å². The lowest BCUT2D eigenvalue weighted by Gasteiger charge is -2.38. The lowest BCUT2D eigenvalue weighted by Crippen LogP contribution is -2.48. The average Bonchev–Trinajstić information content (AvgIpc) is 3.09. The Balaban J connectivity index is 1.58. The van der Waals surface area contributed by atoms with Crippen LogP contribution in [0.4, 0.5) is 0 Å². The van der Waals surface area contributed by atoms with Crippen molar-refractivity contribution in [2.75, 3.05) is 6.54 Å². The van der Waals surface area contributed by atoms with Gasteiger partial charge in [-0.25, -0.2) is 4.79 Å². The van der Waals surface area contributed by atoms with Gasteiger partial charge in [-0.3, -0.25) is 9.88 Å². The molecular weight excluding hydrogens is 300 g/mol. The maximum atomic E-state index is 12.1. The van der Waals surface area contributed by atoms with Gasteiger partial charge in [0, 0.05) is 47.6 Å². The van der Waals surface area contributed by atoms with Gasteiger partial charge >= 0.3 is 5.97 Å². The fraction of sp³-hybridized carbons (Fsp3) is 0.400. The Morgan fingerprint density at radius 2 is 2.29 bits per heavy atom. The summed E-state index contributed by atoms with van der Waals surface area (Å²) in [6.45, 7) is 1.09. The van der Waals surface area contributed by atoms with Gasteiger partial charge in [-0.15, -0.1) is 0 Å². The number of hydrogen-bond acceptors (Lipinski definition) is 4. The molecule has 24 heavy (non-hydrogen) atoms. The first-order valence-corrected chi connectivity index (χ1v) is 8.61. The zero-order valence-electron chi connectivity index (χ0n) is 13.4. The maximum Gasteiger partial charge on any atom is 0.332 e. The largest absolute Gasteiger partial charge is 0.449 e. The first-order valence-electron chi connectivity index (χ1n) is 8.61. The molecule has 1 aromatic heterocycles. The van der Waals surface area contributed by atoms with E-state index in [9.17, 15) is 4.79 Å². The number of rotatable bonds is 0. The lowest BCUT2D eigenvalue weighted by atomic mass is 9.77. The maximum absolute atomic E-state index is 12.1. The van der Waals surface area contributed by atoms with Crippen LogP contribution >= 0.6 is 0 Å². The van der Waals surface area contributed by atoms with Gasteiger partial charge in [0.05, 0.1) is 6.04 Å². The zero-order valence-corrected chi connectivity index (χ0v) is 13.4. The van der Waals surface area contributed by atoms with E-state index in [1.54, 1.807) is 18.5 Å². The monoisotopic (exact) mass is 318 g/mol. The fourth-order valence-electron chi connectivity index (χ4n) is 4.75. The molecule has 2 fully saturated rings. The minimum absolute atomic E-state index is 0.216. The van der Waals surface area contributed by atoms with Crippen molar-refractivity contribution in [1.82, 2.24) is 9.88 Å². The van der Waals surface area contributed by atoms with Crippen molar-refractivity contribution in [2.24, 2.45) is 0 Å². The van der Waals surface area contributed by atoms with Gasteiger partial charge in [0.25, 0.3) is 0 Å². The molecule has 4 heteroatoms. The standard InChI is InChI=1S/C20H18N2O2/c23-19-11-17-15(7-6-14-4-3-8-21-13-14)10-16-12-20(17,24-19)18-5-1-2-9-22(16)18/h3-4,8,10-11,13,16,18H,1-2,5,9,12H2/t16-,18-,20+/m1/s1. The lowest BCUT2D eigenvalue weighted by molar-refractivity contribution is -0.148. The van der Waals surface area contributed by atoms with Gasteiger partial charge in [-0.2, -0.15) is 0 Å². The quantitative estimate of drug-likeness (QED) is 0.543. The number of esters is 1. The number of ether oxygens (including phenoxy) is 1. The van der Waals surface area contributed by atoms with Gasteiger partial charge in [-0.1, -0.05) is 24.3 Å². The zero-order chi connectivity index (χ0) is 16.1.